The third kappa shape index (κ3) is 3.05. The van der Waals surface area contributed by atoms with Crippen molar-refractivity contribution in [3.63, 3.8) is 0 Å². The Hall–Kier alpha value is -2.60. The van der Waals surface area contributed by atoms with E-state index in [4.69, 9.17) is 14.2 Å². The molecule has 0 aliphatic carbocycles. The molecule has 0 bridgehead atoms. The second kappa shape index (κ2) is 6.72. The van der Waals surface area contributed by atoms with Gasteiger partial charge in [0.15, 0.2) is 11.5 Å². The fourth-order valence-electron chi connectivity index (χ4n) is 3.55. The normalized spacial score (nSPS) is 21.6. The fraction of sp³-hybridized carbons (Fsp3) is 0.368. The van der Waals surface area contributed by atoms with E-state index in [2.05, 4.69) is 4.98 Å². The third-order valence-corrected chi connectivity index (χ3v) is 4.86. The van der Waals surface area contributed by atoms with Crippen LogP contribution in [0.2, 0.25) is 0 Å². The van der Waals surface area contributed by atoms with E-state index in [0.717, 1.165) is 18.4 Å². The predicted molar refractivity (Wildman–Crippen MR) is 90.7 cm³/mol. The van der Waals surface area contributed by atoms with Crippen LogP contribution in [-0.4, -0.2) is 48.4 Å². The summed E-state index contributed by atoms with van der Waals surface area (Å²) >= 11 is 0. The number of hydrogen-bond acceptors (Lipinski definition) is 5. The Bertz CT molecular complexity index is 765. The van der Waals surface area contributed by atoms with E-state index in [1.165, 1.54) is 0 Å². The molecule has 3 heterocycles. The van der Waals surface area contributed by atoms with Crippen LogP contribution in [0.3, 0.4) is 0 Å². The highest BCUT2D eigenvalue weighted by atomic mass is 16.7. The lowest BCUT2D eigenvalue weighted by molar-refractivity contribution is 0.0508. The number of pyridine rings is 1. The number of fused-ring (bicyclic) bond motifs is 1. The van der Waals surface area contributed by atoms with Crippen molar-refractivity contribution >= 4 is 5.91 Å². The number of nitrogens with zero attached hydrogens (tertiary/aromatic N) is 2. The van der Waals surface area contributed by atoms with Crippen LogP contribution in [0, 0.1) is 0 Å². The molecule has 1 fully saturated rings. The number of carbonyl (C=O) groups is 1. The van der Waals surface area contributed by atoms with Gasteiger partial charge in [-0.05, 0) is 48.7 Å². The molecule has 2 aromatic rings. The number of hydrogen-bond donors (Lipinski definition) is 0. The molecule has 0 spiro atoms. The first-order valence-electron chi connectivity index (χ1n) is 8.38. The highest BCUT2D eigenvalue weighted by molar-refractivity contribution is 5.95. The zero-order valence-electron chi connectivity index (χ0n) is 14.1. The van der Waals surface area contributed by atoms with E-state index in [0.29, 0.717) is 23.6 Å². The van der Waals surface area contributed by atoms with Crippen LogP contribution in [0.4, 0.5) is 0 Å². The Morgan fingerprint density at radius 1 is 1.24 bits per heavy atom. The lowest BCUT2D eigenvalue weighted by Gasteiger charge is -2.28. The molecule has 6 heteroatoms. The summed E-state index contributed by atoms with van der Waals surface area (Å²) in [5.41, 5.74) is 1.76. The molecule has 0 unspecified atom stereocenters. The van der Waals surface area contributed by atoms with Crippen molar-refractivity contribution in [1.82, 2.24) is 9.88 Å². The quantitative estimate of drug-likeness (QED) is 0.854. The first-order valence-corrected chi connectivity index (χ1v) is 8.38. The number of rotatable bonds is 4. The van der Waals surface area contributed by atoms with Crippen LogP contribution in [0.5, 0.6) is 11.5 Å². The Morgan fingerprint density at radius 3 is 2.84 bits per heavy atom. The number of methoxy groups -OCH3 is 1. The average molecular weight is 340 g/mol. The van der Waals surface area contributed by atoms with Crippen LogP contribution in [-0.2, 0) is 11.2 Å². The van der Waals surface area contributed by atoms with Crippen LogP contribution < -0.4 is 9.47 Å². The van der Waals surface area contributed by atoms with Crippen molar-refractivity contribution in [3.8, 4) is 11.5 Å². The minimum atomic E-state index is -0.00286. The molecule has 0 N–H and O–H groups in total. The topological polar surface area (TPSA) is 60.9 Å². The van der Waals surface area contributed by atoms with Crippen LogP contribution in [0.25, 0.3) is 0 Å². The van der Waals surface area contributed by atoms with E-state index in [-0.39, 0.29) is 24.8 Å². The smallest absolute Gasteiger partial charge is 0.254 e. The van der Waals surface area contributed by atoms with Crippen LogP contribution >= 0.6 is 0 Å². The SMILES string of the molecule is CO[C@@H]1CCN(C(=O)c2ccc3c(c2)OCO3)[C@@H]1Cc1ccncc1. The summed E-state index contributed by atoms with van der Waals surface area (Å²) in [6.45, 7) is 0.884. The van der Waals surface area contributed by atoms with E-state index in [1.807, 2.05) is 17.0 Å². The zero-order chi connectivity index (χ0) is 17.2. The van der Waals surface area contributed by atoms with Gasteiger partial charge in [0.1, 0.15) is 0 Å². The molecule has 6 nitrogen and oxygen atoms in total. The number of carbonyl (C=O) groups excluding carboxylic acids is 1. The summed E-state index contributed by atoms with van der Waals surface area (Å²) in [6, 6.07) is 9.30. The second-order valence-corrected chi connectivity index (χ2v) is 6.26. The van der Waals surface area contributed by atoms with Gasteiger partial charge in [-0.3, -0.25) is 9.78 Å². The van der Waals surface area contributed by atoms with Crippen molar-refractivity contribution in [2.45, 2.75) is 25.0 Å². The minimum absolute atomic E-state index is 0.00286. The van der Waals surface area contributed by atoms with Crippen molar-refractivity contribution in [1.29, 1.82) is 0 Å². The predicted octanol–water partition coefficient (Wildman–Crippen LogP) is 2.28. The summed E-state index contributed by atoms with van der Waals surface area (Å²) in [7, 11) is 1.71. The Kier molecular flexibility index (Phi) is 4.28. The van der Waals surface area contributed by atoms with Gasteiger partial charge in [0.05, 0.1) is 12.1 Å². The molecule has 0 radical (unpaired) electrons. The van der Waals surface area contributed by atoms with Gasteiger partial charge < -0.3 is 19.1 Å². The number of aromatic nitrogens is 1. The van der Waals surface area contributed by atoms with Crippen molar-refractivity contribution in [3.05, 3.63) is 53.9 Å². The van der Waals surface area contributed by atoms with E-state index in [9.17, 15) is 4.79 Å². The van der Waals surface area contributed by atoms with Crippen LogP contribution in [0.1, 0.15) is 22.3 Å². The van der Waals surface area contributed by atoms with Gasteiger partial charge in [0.25, 0.3) is 5.91 Å². The van der Waals surface area contributed by atoms with Crippen LogP contribution in [0.15, 0.2) is 42.7 Å². The molecule has 2 aliphatic heterocycles. The largest absolute Gasteiger partial charge is 0.454 e. The van der Waals surface area contributed by atoms with Crippen molar-refractivity contribution in [2.24, 2.45) is 0 Å². The van der Waals surface area contributed by atoms with E-state index in [1.54, 1.807) is 37.7 Å². The van der Waals surface area contributed by atoms with E-state index >= 15 is 0 Å². The summed E-state index contributed by atoms with van der Waals surface area (Å²) in [5, 5.41) is 0. The number of likely N-dealkylation sites (tertiary alicyclic amines) is 1. The lowest BCUT2D eigenvalue weighted by Crippen LogP contribution is -2.41. The molecule has 1 aromatic heterocycles. The molecular formula is C19H20N2O4. The molecule has 0 saturated carbocycles. The van der Waals surface area contributed by atoms with Crippen molar-refractivity contribution < 1.29 is 19.0 Å². The molecule has 2 atom stereocenters. The van der Waals surface area contributed by atoms with Gasteiger partial charge >= 0.3 is 0 Å². The number of benzene rings is 1. The minimum Gasteiger partial charge on any atom is -0.454 e. The Balaban J connectivity index is 1.57. The number of amides is 1. The van der Waals surface area contributed by atoms with Gasteiger partial charge in [-0.2, -0.15) is 0 Å². The number of ether oxygens (including phenoxy) is 3. The van der Waals surface area contributed by atoms with Gasteiger partial charge in [-0.1, -0.05) is 0 Å². The van der Waals surface area contributed by atoms with E-state index < -0.39 is 0 Å². The standard InChI is InChI=1S/C19H20N2O4/c1-23-16-6-9-21(15(16)10-13-4-7-20-8-5-13)19(22)14-2-3-17-18(11-14)25-12-24-17/h2-5,7-8,11,15-16H,6,9-10,12H2,1H3/t15-,16-/m1/s1. The molecular weight excluding hydrogens is 320 g/mol. The molecule has 130 valence electrons. The first kappa shape index (κ1) is 15.9. The molecule has 4 rings (SSSR count). The average Bonchev–Trinajstić information content (AvgIpc) is 3.28. The Labute approximate surface area is 146 Å². The molecule has 2 aliphatic rings. The van der Waals surface area contributed by atoms with Gasteiger partial charge in [-0.25, -0.2) is 0 Å². The first-order chi connectivity index (χ1) is 12.3. The zero-order valence-corrected chi connectivity index (χ0v) is 14.1. The summed E-state index contributed by atoms with van der Waals surface area (Å²) in [5.74, 6) is 1.30. The second-order valence-electron chi connectivity index (χ2n) is 6.26. The highest BCUT2D eigenvalue weighted by Crippen LogP contribution is 2.34. The third-order valence-electron chi connectivity index (χ3n) is 4.86. The maximum absolute atomic E-state index is 13.1. The molecule has 25 heavy (non-hydrogen) atoms. The summed E-state index contributed by atoms with van der Waals surface area (Å²) < 4.78 is 16.3. The van der Waals surface area contributed by atoms with Crippen molar-refractivity contribution in [2.75, 3.05) is 20.4 Å². The van der Waals surface area contributed by atoms with Gasteiger partial charge in [-0.15, -0.1) is 0 Å². The molecule has 1 aromatic carbocycles. The highest BCUT2D eigenvalue weighted by Gasteiger charge is 2.37. The Morgan fingerprint density at radius 2 is 2.04 bits per heavy atom. The van der Waals surface area contributed by atoms with Gasteiger partial charge in [0, 0.05) is 31.6 Å². The maximum Gasteiger partial charge on any atom is 0.254 e. The fourth-order valence-corrected chi connectivity index (χ4v) is 3.55. The summed E-state index contributed by atoms with van der Waals surface area (Å²) in [6.07, 6.45) is 5.16. The molecule has 1 amide bonds. The van der Waals surface area contributed by atoms with Gasteiger partial charge in [0.2, 0.25) is 6.79 Å². The lowest BCUT2D eigenvalue weighted by atomic mass is 10.0. The molecule has 1 saturated heterocycles. The monoisotopic (exact) mass is 340 g/mol. The maximum atomic E-state index is 13.1. The summed E-state index contributed by atoms with van der Waals surface area (Å²) in [4.78, 5) is 19.0.